The van der Waals surface area contributed by atoms with Gasteiger partial charge in [0.15, 0.2) is 11.8 Å². The molecule has 1 aliphatic rings. The predicted molar refractivity (Wildman–Crippen MR) is 113 cm³/mol. The Balaban J connectivity index is 1.51. The van der Waals surface area contributed by atoms with E-state index in [0.29, 0.717) is 6.54 Å². The minimum atomic E-state index is 0.500. The lowest BCUT2D eigenvalue weighted by Crippen LogP contribution is -2.40. The highest BCUT2D eigenvalue weighted by Crippen LogP contribution is 2.14. The van der Waals surface area contributed by atoms with Gasteiger partial charge in [-0.2, -0.15) is 0 Å². The lowest BCUT2D eigenvalue weighted by Gasteiger charge is -2.26. The van der Waals surface area contributed by atoms with Crippen LogP contribution in [-0.4, -0.2) is 65.0 Å². The van der Waals surface area contributed by atoms with Gasteiger partial charge in [0.1, 0.15) is 12.4 Å². The maximum Gasteiger partial charge on any atom is 0.192 e. The second-order valence-corrected chi connectivity index (χ2v) is 8.36. The van der Waals surface area contributed by atoms with Gasteiger partial charge in [-0.1, -0.05) is 0 Å². The number of aromatic nitrogens is 3. The second-order valence-electron chi connectivity index (χ2n) is 6.99. The number of ether oxygens (including phenoxy) is 1. The zero-order valence-corrected chi connectivity index (χ0v) is 17.9. The molecule has 3 heterocycles. The van der Waals surface area contributed by atoms with Gasteiger partial charge in [-0.25, -0.2) is 4.99 Å². The molecule has 2 aromatic heterocycles. The van der Waals surface area contributed by atoms with E-state index in [0.717, 1.165) is 70.0 Å². The fraction of sp³-hybridized carbons (Fsp3) is 0.632. The molecule has 0 aromatic carbocycles. The molecule has 0 aliphatic carbocycles. The number of hydrogen-bond acceptors (Lipinski definition) is 6. The first-order valence-corrected chi connectivity index (χ1v) is 10.7. The van der Waals surface area contributed by atoms with Gasteiger partial charge in [-0.3, -0.25) is 4.90 Å². The van der Waals surface area contributed by atoms with Crippen molar-refractivity contribution < 1.29 is 4.74 Å². The van der Waals surface area contributed by atoms with Crippen molar-refractivity contribution in [3.8, 4) is 0 Å². The summed E-state index contributed by atoms with van der Waals surface area (Å²) in [7, 11) is 1.97. The van der Waals surface area contributed by atoms with E-state index in [9.17, 15) is 0 Å². The molecular formula is C19H31N7OS. The van der Waals surface area contributed by atoms with E-state index in [-0.39, 0.29) is 0 Å². The smallest absolute Gasteiger partial charge is 0.192 e. The Labute approximate surface area is 171 Å². The van der Waals surface area contributed by atoms with Crippen LogP contribution in [0.1, 0.15) is 27.8 Å². The van der Waals surface area contributed by atoms with Gasteiger partial charge >= 0.3 is 0 Å². The van der Waals surface area contributed by atoms with Crippen LogP contribution in [0.3, 0.4) is 0 Å². The summed E-state index contributed by atoms with van der Waals surface area (Å²) in [5.41, 5.74) is 0. The molecule has 2 aromatic rings. The van der Waals surface area contributed by atoms with Crippen molar-refractivity contribution in [3.63, 3.8) is 0 Å². The second kappa shape index (κ2) is 10.5. The number of guanidine groups is 1. The van der Waals surface area contributed by atoms with E-state index in [2.05, 4.69) is 44.8 Å². The van der Waals surface area contributed by atoms with Crippen LogP contribution in [-0.2, 0) is 24.9 Å². The molecule has 1 aliphatic heterocycles. The van der Waals surface area contributed by atoms with Crippen LogP contribution in [0, 0.1) is 13.8 Å². The highest BCUT2D eigenvalue weighted by molar-refractivity contribution is 7.11. The summed E-state index contributed by atoms with van der Waals surface area (Å²) >= 11 is 1.81. The van der Waals surface area contributed by atoms with Gasteiger partial charge in [0.2, 0.25) is 0 Å². The van der Waals surface area contributed by atoms with Crippen molar-refractivity contribution in [1.29, 1.82) is 0 Å². The minimum absolute atomic E-state index is 0.500. The molecule has 0 bridgehead atoms. The van der Waals surface area contributed by atoms with Gasteiger partial charge in [0.05, 0.1) is 19.8 Å². The molecule has 2 N–H and O–H groups in total. The third-order valence-corrected chi connectivity index (χ3v) is 5.84. The molecule has 0 amide bonds. The zero-order valence-electron chi connectivity index (χ0n) is 17.1. The average molecular weight is 406 g/mol. The lowest BCUT2D eigenvalue weighted by molar-refractivity contribution is 0.0376. The highest BCUT2D eigenvalue weighted by atomic mass is 32.1. The third kappa shape index (κ3) is 6.29. The summed E-state index contributed by atoms with van der Waals surface area (Å²) in [5, 5.41) is 15.2. The van der Waals surface area contributed by atoms with Crippen LogP contribution in [0.5, 0.6) is 0 Å². The van der Waals surface area contributed by atoms with Crippen LogP contribution in [0.15, 0.2) is 17.1 Å². The van der Waals surface area contributed by atoms with E-state index in [1.54, 1.807) is 11.3 Å². The standard InChI is InChI=1S/C19H31N7OS/c1-15-5-6-17(28-15)13-21-19(22-14-18-24-23-16(2)25(18)3)20-7-4-8-26-9-11-27-12-10-26/h5-6H,4,7-14H2,1-3H3,(H2,20,21,22). The number of hydrogen-bond donors (Lipinski definition) is 2. The van der Waals surface area contributed by atoms with Crippen LogP contribution in [0.2, 0.25) is 0 Å². The summed E-state index contributed by atoms with van der Waals surface area (Å²) in [6.07, 6.45) is 1.07. The normalized spacial score (nSPS) is 15.8. The summed E-state index contributed by atoms with van der Waals surface area (Å²) in [6.45, 7) is 11.1. The molecule has 0 atom stereocenters. The molecule has 0 spiro atoms. The number of rotatable bonds is 8. The lowest BCUT2D eigenvalue weighted by atomic mass is 10.3. The Bertz CT molecular complexity index is 764. The molecule has 0 radical (unpaired) electrons. The number of nitrogens with zero attached hydrogens (tertiary/aromatic N) is 5. The molecule has 9 heteroatoms. The molecule has 1 saturated heterocycles. The predicted octanol–water partition coefficient (Wildman–Crippen LogP) is 1.45. The number of aryl methyl sites for hydroxylation is 2. The summed E-state index contributed by atoms with van der Waals surface area (Å²) in [4.78, 5) is 9.79. The maximum absolute atomic E-state index is 5.41. The Morgan fingerprint density at radius 2 is 2.04 bits per heavy atom. The molecule has 1 fully saturated rings. The molecule has 0 unspecified atom stereocenters. The van der Waals surface area contributed by atoms with E-state index >= 15 is 0 Å². The topological polar surface area (TPSA) is 79.6 Å². The Hall–Kier alpha value is -1.97. The van der Waals surface area contributed by atoms with E-state index in [1.165, 1.54) is 9.75 Å². The van der Waals surface area contributed by atoms with Gasteiger partial charge in [0.25, 0.3) is 0 Å². The van der Waals surface area contributed by atoms with Crippen molar-refractivity contribution in [1.82, 2.24) is 30.3 Å². The minimum Gasteiger partial charge on any atom is -0.379 e. The fourth-order valence-corrected chi connectivity index (χ4v) is 3.83. The maximum atomic E-state index is 5.41. The molecule has 3 rings (SSSR count). The molecule has 28 heavy (non-hydrogen) atoms. The van der Waals surface area contributed by atoms with Crippen LogP contribution < -0.4 is 10.6 Å². The first-order valence-electron chi connectivity index (χ1n) is 9.84. The van der Waals surface area contributed by atoms with Crippen molar-refractivity contribution in [2.24, 2.45) is 12.0 Å². The molecule has 0 saturated carbocycles. The first-order chi connectivity index (χ1) is 13.6. The Kier molecular flexibility index (Phi) is 7.81. The fourth-order valence-electron chi connectivity index (χ4n) is 3.00. The van der Waals surface area contributed by atoms with Crippen LogP contribution >= 0.6 is 11.3 Å². The van der Waals surface area contributed by atoms with Crippen LogP contribution in [0.4, 0.5) is 0 Å². The van der Waals surface area contributed by atoms with Crippen molar-refractivity contribution in [2.75, 3.05) is 39.4 Å². The SMILES string of the molecule is Cc1ccc(CNC(=NCc2nnc(C)n2C)NCCCN2CCOCC2)s1. The summed E-state index contributed by atoms with van der Waals surface area (Å²) in [5.74, 6) is 2.57. The van der Waals surface area contributed by atoms with Crippen molar-refractivity contribution >= 4 is 17.3 Å². The van der Waals surface area contributed by atoms with Crippen LogP contribution in [0.25, 0.3) is 0 Å². The molecular weight excluding hydrogens is 374 g/mol. The van der Waals surface area contributed by atoms with Gasteiger partial charge in [-0.15, -0.1) is 21.5 Å². The quantitative estimate of drug-likeness (QED) is 0.393. The summed E-state index contributed by atoms with van der Waals surface area (Å²) < 4.78 is 7.38. The average Bonchev–Trinajstić information content (AvgIpc) is 3.27. The largest absolute Gasteiger partial charge is 0.379 e. The molecule has 154 valence electrons. The van der Waals surface area contributed by atoms with E-state index in [1.807, 2.05) is 18.5 Å². The van der Waals surface area contributed by atoms with Crippen molar-refractivity contribution in [2.45, 2.75) is 33.4 Å². The monoisotopic (exact) mass is 405 g/mol. The van der Waals surface area contributed by atoms with E-state index in [4.69, 9.17) is 9.73 Å². The molecule has 8 nitrogen and oxygen atoms in total. The number of thiophene rings is 1. The first kappa shape index (κ1) is 20.8. The third-order valence-electron chi connectivity index (χ3n) is 4.83. The van der Waals surface area contributed by atoms with E-state index < -0.39 is 0 Å². The number of nitrogens with one attached hydrogen (secondary N) is 2. The van der Waals surface area contributed by atoms with Crippen molar-refractivity contribution in [3.05, 3.63) is 33.5 Å². The Morgan fingerprint density at radius 1 is 1.21 bits per heavy atom. The highest BCUT2D eigenvalue weighted by Gasteiger charge is 2.10. The van der Waals surface area contributed by atoms with Gasteiger partial charge in [0, 0.05) is 36.4 Å². The Morgan fingerprint density at radius 3 is 2.71 bits per heavy atom. The number of aliphatic imine (C=N–C) groups is 1. The zero-order chi connectivity index (χ0) is 19.8. The van der Waals surface area contributed by atoms with Gasteiger partial charge < -0.3 is 19.9 Å². The summed E-state index contributed by atoms with van der Waals surface area (Å²) in [6, 6.07) is 4.31. The number of morpholine rings is 1. The van der Waals surface area contributed by atoms with Gasteiger partial charge in [-0.05, 0) is 38.9 Å².